The Hall–Kier alpha value is -3.76. The average Bonchev–Trinajstić information content (AvgIpc) is 3.35. The minimum Gasteiger partial charge on any atom is -0.447 e. The van der Waals surface area contributed by atoms with Gasteiger partial charge in [-0.15, -0.1) is 0 Å². The quantitative estimate of drug-likeness (QED) is 0.346. The van der Waals surface area contributed by atoms with Gasteiger partial charge >= 0.3 is 6.09 Å². The van der Waals surface area contributed by atoms with E-state index in [-0.39, 0.29) is 24.4 Å². The molecule has 0 radical (unpaired) electrons. The molecule has 2 aromatic carbocycles. The zero-order valence-electron chi connectivity index (χ0n) is 18.6. The first kappa shape index (κ1) is 23.4. The Morgan fingerprint density at radius 2 is 2.06 bits per heavy atom. The van der Waals surface area contributed by atoms with Gasteiger partial charge in [0.05, 0.1) is 23.7 Å². The Morgan fingerprint density at radius 1 is 1.26 bits per heavy atom. The number of non-ortho nitro benzene ring substituents is 1. The van der Waals surface area contributed by atoms with Crippen molar-refractivity contribution in [2.45, 2.75) is 25.5 Å². The van der Waals surface area contributed by atoms with E-state index in [0.29, 0.717) is 36.5 Å². The van der Waals surface area contributed by atoms with Crippen LogP contribution in [0.1, 0.15) is 24.5 Å². The van der Waals surface area contributed by atoms with Crippen LogP contribution >= 0.6 is 0 Å². The summed E-state index contributed by atoms with van der Waals surface area (Å²) < 4.78 is 4.99. The summed E-state index contributed by atoms with van der Waals surface area (Å²) in [6, 6.07) is 11.1. The highest BCUT2D eigenvalue weighted by molar-refractivity contribution is 6.07. The summed E-state index contributed by atoms with van der Waals surface area (Å²) in [6.07, 6.45) is 3.20. The van der Waals surface area contributed by atoms with E-state index < -0.39 is 28.4 Å². The third-order valence-electron chi connectivity index (χ3n) is 6.17. The number of benzene rings is 2. The number of ether oxygens (including phenoxy) is 1. The van der Waals surface area contributed by atoms with Gasteiger partial charge in [-0.25, -0.2) is 4.79 Å². The van der Waals surface area contributed by atoms with E-state index in [4.69, 9.17) is 9.84 Å². The summed E-state index contributed by atoms with van der Waals surface area (Å²) in [6.45, 7) is 2.39. The highest BCUT2D eigenvalue weighted by Gasteiger charge is 2.53. The molecule has 34 heavy (non-hydrogen) atoms. The first-order chi connectivity index (χ1) is 16.3. The maximum absolute atomic E-state index is 13.6. The first-order valence-corrected chi connectivity index (χ1v) is 10.9. The number of fused-ring (bicyclic) bond motifs is 1. The van der Waals surface area contributed by atoms with Crippen molar-refractivity contribution < 1.29 is 29.5 Å². The van der Waals surface area contributed by atoms with Crippen molar-refractivity contribution in [1.82, 2.24) is 0 Å². The zero-order chi connectivity index (χ0) is 24.5. The normalized spacial score (nSPS) is 20.7. The Morgan fingerprint density at radius 3 is 2.74 bits per heavy atom. The highest BCUT2D eigenvalue weighted by atomic mass is 16.6. The summed E-state index contributed by atoms with van der Waals surface area (Å²) in [5.74, 6) is -1.31. The van der Waals surface area contributed by atoms with E-state index in [1.54, 1.807) is 43.3 Å². The minimum absolute atomic E-state index is 0.0787. The average molecular weight is 467 g/mol. The number of hydrogen-bond donors (Lipinski definition) is 2. The number of carbonyl (C=O) groups is 2. The molecule has 0 saturated carbocycles. The van der Waals surface area contributed by atoms with Crippen LogP contribution in [0.25, 0.3) is 0 Å². The predicted molar refractivity (Wildman–Crippen MR) is 123 cm³/mol. The fraction of sp³-hybridized carbons (Fsp3) is 0.333. The lowest BCUT2D eigenvalue weighted by atomic mass is 9.82. The molecule has 178 valence electrons. The predicted octanol–water partition coefficient (Wildman–Crippen LogP) is 2.86. The number of nitro groups is 1. The van der Waals surface area contributed by atoms with Crippen LogP contribution in [0, 0.1) is 16.0 Å². The molecule has 0 aromatic heterocycles. The molecular weight excluding hydrogens is 442 g/mol. The number of amides is 2. The van der Waals surface area contributed by atoms with Crippen LogP contribution < -0.4 is 9.80 Å². The first-order valence-electron chi connectivity index (χ1n) is 10.9. The lowest BCUT2D eigenvalue weighted by Gasteiger charge is -2.27. The van der Waals surface area contributed by atoms with E-state index in [0.717, 1.165) is 0 Å². The molecule has 2 aliphatic rings. The van der Waals surface area contributed by atoms with Crippen molar-refractivity contribution in [1.29, 1.82) is 0 Å². The van der Waals surface area contributed by atoms with Gasteiger partial charge in [0, 0.05) is 35.9 Å². The maximum atomic E-state index is 13.6. The zero-order valence-corrected chi connectivity index (χ0v) is 18.6. The SMILES string of the molecule is C[C@@H](/C=C/CCO)[C@]1(O)C(=O)N(Cc2cccc(N3CCOC3=O)c2)c2ccc([N+](=O)[O-])cc21. The number of hydrogen-bond acceptors (Lipinski definition) is 7. The molecule has 2 aromatic rings. The molecule has 10 heteroatoms. The van der Waals surface area contributed by atoms with Gasteiger partial charge in [0.25, 0.3) is 11.6 Å². The summed E-state index contributed by atoms with van der Waals surface area (Å²) in [4.78, 5) is 39.2. The van der Waals surface area contributed by atoms with E-state index in [1.807, 2.05) is 0 Å². The van der Waals surface area contributed by atoms with Gasteiger partial charge in [-0.3, -0.25) is 19.8 Å². The van der Waals surface area contributed by atoms with Crippen molar-refractivity contribution >= 4 is 29.1 Å². The third-order valence-corrected chi connectivity index (χ3v) is 6.17. The lowest BCUT2D eigenvalue weighted by Crippen LogP contribution is -2.44. The molecule has 1 fully saturated rings. The number of rotatable bonds is 8. The molecule has 0 unspecified atom stereocenters. The van der Waals surface area contributed by atoms with Crippen LogP contribution in [-0.2, 0) is 21.7 Å². The molecule has 1 saturated heterocycles. The van der Waals surface area contributed by atoms with Crippen molar-refractivity contribution in [2.24, 2.45) is 5.92 Å². The van der Waals surface area contributed by atoms with Crippen molar-refractivity contribution in [3.05, 3.63) is 75.9 Å². The number of nitro benzene ring substituents is 1. The summed E-state index contributed by atoms with van der Waals surface area (Å²) >= 11 is 0. The molecule has 0 aliphatic carbocycles. The lowest BCUT2D eigenvalue weighted by molar-refractivity contribution is -0.385. The standard InChI is InChI=1S/C24H25N3O7/c1-16(5-2-3-11-28)24(31)20-14-19(27(32)33)8-9-21(20)26(22(24)29)15-17-6-4-7-18(13-17)25-10-12-34-23(25)30/h2,4-9,13-14,16,28,31H,3,10-12,15H2,1H3/b5-2+/t16-,24+/m0/s1. The van der Waals surface area contributed by atoms with Crippen LogP contribution in [0.15, 0.2) is 54.6 Å². The Bertz CT molecular complexity index is 1170. The number of aliphatic hydroxyl groups is 2. The van der Waals surface area contributed by atoms with Crippen LogP contribution in [0.5, 0.6) is 0 Å². The fourth-order valence-corrected chi connectivity index (χ4v) is 4.35. The van der Waals surface area contributed by atoms with E-state index in [2.05, 4.69) is 0 Å². The van der Waals surface area contributed by atoms with Gasteiger partial charge in [-0.1, -0.05) is 31.2 Å². The van der Waals surface area contributed by atoms with Gasteiger partial charge in [-0.05, 0) is 30.2 Å². The Balaban J connectivity index is 1.71. The Kier molecular flexibility index (Phi) is 6.36. The van der Waals surface area contributed by atoms with Gasteiger partial charge in [-0.2, -0.15) is 0 Å². The molecule has 10 nitrogen and oxygen atoms in total. The molecule has 0 spiro atoms. The molecule has 2 amide bonds. The molecule has 2 N–H and O–H groups in total. The number of aliphatic hydroxyl groups excluding tert-OH is 1. The third kappa shape index (κ3) is 4.02. The molecular formula is C24H25N3O7. The van der Waals surface area contributed by atoms with E-state index in [1.165, 1.54) is 28.0 Å². The van der Waals surface area contributed by atoms with Gasteiger partial charge in [0.15, 0.2) is 5.60 Å². The maximum Gasteiger partial charge on any atom is 0.414 e. The van der Waals surface area contributed by atoms with Crippen LogP contribution in [0.3, 0.4) is 0 Å². The highest BCUT2D eigenvalue weighted by Crippen LogP contribution is 2.47. The van der Waals surface area contributed by atoms with Crippen LogP contribution in [0.4, 0.5) is 21.9 Å². The van der Waals surface area contributed by atoms with Crippen molar-refractivity contribution in [3.63, 3.8) is 0 Å². The van der Waals surface area contributed by atoms with Gasteiger partial charge in [0.2, 0.25) is 0 Å². The summed E-state index contributed by atoms with van der Waals surface area (Å²) in [5.41, 5.74) is -0.357. The second kappa shape index (κ2) is 9.24. The van der Waals surface area contributed by atoms with Crippen molar-refractivity contribution in [3.8, 4) is 0 Å². The summed E-state index contributed by atoms with van der Waals surface area (Å²) in [5, 5.41) is 32.0. The molecule has 2 aliphatic heterocycles. The number of nitrogens with zero attached hydrogens (tertiary/aromatic N) is 3. The van der Waals surface area contributed by atoms with Crippen LogP contribution in [-0.4, -0.2) is 46.9 Å². The van der Waals surface area contributed by atoms with E-state index in [9.17, 15) is 24.8 Å². The molecule has 2 heterocycles. The Labute approximate surface area is 195 Å². The second-order valence-corrected chi connectivity index (χ2v) is 8.28. The number of carbonyl (C=O) groups excluding carboxylic acids is 2. The van der Waals surface area contributed by atoms with Gasteiger partial charge in [0.1, 0.15) is 6.61 Å². The van der Waals surface area contributed by atoms with Crippen molar-refractivity contribution in [2.75, 3.05) is 29.6 Å². The van der Waals surface area contributed by atoms with Crippen LogP contribution in [0.2, 0.25) is 0 Å². The number of cyclic esters (lactones) is 1. The largest absolute Gasteiger partial charge is 0.447 e. The molecule has 4 rings (SSSR count). The molecule has 0 bridgehead atoms. The van der Waals surface area contributed by atoms with Gasteiger partial charge < -0.3 is 19.8 Å². The molecule has 2 atom stereocenters. The fourth-order valence-electron chi connectivity index (χ4n) is 4.35. The number of anilines is 2. The smallest absolute Gasteiger partial charge is 0.414 e. The van der Waals surface area contributed by atoms with E-state index >= 15 is 0 Å². The minimum atomic E-state index is -2.01. The topological polar surface area (TPSA) is 133 Å². The monoisotopic (exact) mass is 467 g/mol. The second-order valence-electron chi connectivity index (χ2n) is 8.28. The summed E-state index contributed by atoms with van der Waals surface area (Å²) in [7, 11) is 0.